The molecule has 30 heavy (non-hydrogen) atoms. The van der Waals surface area contributed by atoms with Crippen LogP contribution in [-0.2, 0) is 6.54 Å². The molecule has 0 spiro atoms. The van der Waals surface area contributed by atoms with Crippen LogP contribution in [0.2, 0.25) is 0 Å². The zero-order valence-corrected chi connectivity index (χ0v) is 17.0. The fourth-order valence-corrected chi connectivity index (χ4v) is 4.10. The molecule has 2 aromatic carbocycles. The summed E-state index contributed by atoms with van der Waals surface area (Å²) < 4.78 is 7.49. The lowest BCUT2D eigenvalue weighted by molar-refractivity contribution is 0.417. The highest BCUT2D eigenvalue weighted by Gasteiger charge is 2.18. The summed E-state index contributed by atoms with van der Waals surface area (Å²) in [5.74, 6) is 0.712. The minimum absolute atomic E-state index is 0.160. The number of imidazole rings is 1. The lowest BCUT2D eigenvalue weighted by Gasteiger charge is -2.12. The summed E-state index contributed by atoms with van der Waals surface area (Å²) in [6, 6.07) is 13.9. The molecule has 0 fully saturated rings. The van der Waals surface area contributed by atoms with E-state index < -0.39 is 0 Å². The number of aromatic amines is 2. The number of aryl methyl sites for hydroxylation is 2. The average Bonchev–Trinajstić information content (AvgIpc) is 3.26. The predicted octanol–water partition coefficient (Wildman–Crippen LogP) is 3.94. The Kier molecular flexibility index (Phi) is 4.17. The molecule has 0 aliphatic rings. The van der Waals surface area contributed by atoms with Crippen molar-refractivity contribution < 1.29 is 4.74 Å². The standard InChI is InChI=1S/C23H21N5O2/c1-13-21(14(2)27-26-13)17-9-18-16(10-20(17)30-3)22-19(11-24-18)25-23(29)28(22)12-15-7-5-4-6-8-15/h4-11H,12H2,1-3H3,(H,25,29)(H,26,27). The number of H-pyrrole nitrogens is 2. The third-order valence-corrected chi connectivity index (χ3v) is 5.50. The van der Waals surface area contributed by atoms with Gasteiger partial charge in [0.2, 0.25) is 0 Å². The zero-order chi connectivity index (χ0) is 20.8. The van der Waals surface area contributed by atoms with Gasteiger partial charge in [0.1, 0.15) is 5.75 Å². The van der Waals surface area contributed by atoms with Crippen molar-refractivity contribution in [2.24, 2.45) is 0 Å². The first-order valence-corrected chi connectivity index (χ1v) is 9.72. The fraction of sp³-hybridized carbons (Fsp3) is 0.174. The van der Waals surface area contributed by atoms with Crippen molar-refractivity contribution in [3.05, 3.63) is 76.1 Å². The number of methoxy groups -OCH3 is 1. The van der Waals surface area contributed by atoms with Crippen molar-refractivity contribution in [1.29, 1.82) is 0 Å². The van der Waals surface area contributed by atoms with Crippen molar-refractivity contribution in [3.63, 3.8) is 0 Å². The number of aromatic nitrogens is 5. The van der Waals surface area contributed by atoms with E-state index in [0.29, 0.717) is 17.8 Å². The van der Waals surface area contributed by atoms with Gasteiger partial charge in [-0.2, -0.15) is 5.10 Å². The van der Waals surface area contributed by atoms with Gasteiger partial charge in [-0.25, -0.2) is 4.79 Å². The summed E-state index contributed by atoms with van der Waals surface area (Å²) in [7, 11) is 1.65. The second-order valence-electron chi connectivity index (χ2n) is 7.40. The zero-order valence-electron chi connectivity index (χ0n) is 17.0. The number of nitrogens with one attached hydrogen (secondary N) is 2. The number of benzene rings is 2. The molecule has 0 aliphatic carbocycles. The summed E-state index contributed by atoms with van der Waals surface area (Å²) >= 11 is 0. The lowest BCUT2D eigenvalue weighted by Crippen LogP contribution is -2.17. The van der Waals surface area contributed by atoms with Crippen LogP contribution in [0.25, 0.3) is 33.1 Å². The summed E-state index contributed by atoms with van der Waals surface area (Å²) in [4.78, 5) is 20.3. The van der Waals surface area contributed by atoms with E-state index in [4.69, 9.17) is 4.74 Å². The Morgan fingerprint density at radius 3 is 2.63 bits per heavy atom. The van der Waals surface area contributed by atoms with Crippen LogP contribution in [0.15, 0.2) is 53.5 Å². The second-order valence-corrected chi connectivity index (χ2v) is 7.40. The van der Waals surface area contributed by atoms with E-state index in [-0.39, 0.29) is 5.69 Å². The topological polar surface area (TPSA) is 88.6 Å². The normalized spacial score (nSPS) is 11.4. The lowest BCUT2D eigenvalue weighted by atomic mass is 10.00. The van der Waals surface area contributed by atoms with Crippen LogP contribution in [0.5, 0.6) is 5.75 Å². The minimum atomic E-state index is -0.160. The number of hydrogen-bond acceptors (Lipinski definition) is 4. The van der Waals surface area contributed by atoms with Crippen LogP contribution >= 0.6 is 0 Å². The molecule has 0 amide bonds. The Morgan fingerprint density at radius 1 is 1.13 bits per heavy atom. The van der Waals surface area contributed by atoms with E-state index in [9.17, 15) is 4.79 Å². The highest BCUT2D eigenvalue weighted by molar-refractivity contribution is 6.04. The van der Waals surface area contributed by atoms with Crippen molar-refractivity contribution in [1.82, 2.24) is 24.7 Å². The fourth-order valence-electron chi connectivity index (χ4n) is 4.10. The van der Waals surface area contributed by atoms with Gasteiger partial charge in [-0.3, -0.25) is 14.6 Å². The summed E-state index contributed by atoms with van der Waals surface area (Å²) in [6.45, 7) is 4.42. The maximum atomic E-state index is 12.7. The number of ether oxygens (including phenoxy) is 1. The molecule has 0 saturated heterocycles. The van der Waals surface area contributed by atoms with Gasteiger partial charge in [0, 0.05) is 22.2 Å². The molecule has 0 saturated carbocycles. The van der Waals surface area contributed by atoms with E-state index in [1.165, 1.54) is 0 Å². The van der Waals surface area contributed by atoms with E-state index >= 15 is 0 Å². The third kappa shape index (κ3) is 2.78. The van der Waals surface area contributed by atoms with Crippen molar-refractivity contribution >= 4 is 21.9 Å². The quantitative estimate of drug-likeness (QED) is 0.479. The summed E-state index contributed by atoms with van der Waals surface area (Å²) in [5, 5.41) is 8.20. The molecule has 0 unspecified atom stereocenters. The Hall–Kier alpha value is -3.87. The van der Waals surface area contributed by atoms with Crippen LogP contribution < -0.4 is 10.4 Å². The van der Waals surface area contributed by atoms with E-state index in [0.717, 1.165) is 44.5 Å². The SMILES string of the molecule is COc1cc2c(cc1-c1c(C)n[nH]c1C)ncc1[nH]c(=O)n(Cc3ccccc3)c12. The van der Waals surface area contributed by atoms with E-state index in [1.54, 1.807) is 17.9 Å². The Bertz CT molecular complexity index is 1420. The van der Waals surface area contributed by atoms with Gasteiger partial charge in [0.25, 0.3) is 0 Å². The molecule has 0 aliphatic heterocycles. The van der Waals surface area contributed by atoms with E-state index in [2.05, 4.69) is 20.2 Å². The molecular formula is C23H21N5O2. The molecular weight excluding hydrogens is 378 g/mol. The second kappa shape index (κ2) is 6.88. The molecule has 0 bridgehead atoms. The molecule has 0 radical (unpaired) electrons. The average molecular weight is 399 g/mol. The number of nitrogens with zero attached hydrogens (tertiary/aromatic N) is 3. The molecule has 7 heteroatoms. The van der Waals surface area contributed by atoms with Gasteiger partial charge in [-0.05, 0) is 31.5 Å². The van der Waals surface area contributed by atoms with Crippen LogP contribution in [0, 0.1) is 13.8 Å². The van der Waals surface area contributed by atoms with Gasteiger partial charge >= 0.3 is 5.69 Å². The molecule has 7 nitrogen and oxygen atoms in total. The molecule has 2 N–H and O–H groups in total. The number of hydrogen-bond donors (Lipinski definition) is 2. The largest absolute Gasteiger partial charge is 0.496 e. The summed E-state index contributed by atoms with van der Waals surface area (Å²) in [5.41, 5.74) is 7.00. The number of rotatable bonds is 4. The number of pyridine rings is 1. The van der Waals surface area contributed by atoms with Gasteiger partial charge in [-0.1, -0.05) is 30.3 Å². The smallest absolute Gasteiger partial charge is 0.326 e. The van der Waals surface area contributed by atoms with E-state index in [1.807, 2.05) is 56.3 Å². The Labute approximate surface area is 172 Å². The summed E-state index contributed by atoms with van der Waals surface area (Å²) in [6.07, 6.45) is 1.71. The van der Waals surface area contributed by atoms with Gasteiger partial charge in [-0.15, -0.1) is 0 Å². The Balaban J connectivity index is 1.79. The van der Waals surface area contributed by atoms with Gasteiger partial charge in [0.15, 0.2) is 0 Å². The van der Waals surface area contributed by atoms with Crippen molar-refractivity contribution in [2.75, 3.05) is 7.11 Å². The molecule has 150 valence electrons. The van der Waals surface area contributed by atoms with Gasteiger partial charge in [0.05, 0.1) is 42.1 Å². The predicted molar refractivity (Wildman–Crippen MR) is 117 cm³/mol. The molecule has 5 aromatic rings. The maximum Gasteiger partial charge on any atom is 0.326 e. The highest BCUT2D eigenvalue weighted by Crippen LogP contribution is 2.38. The number of fused-ring (bicyclic) bond motifs is 3. The minimum Gasteiger partial charge on any atom is -0.496 e. The highest BCUT2D eigenvalue weighted by atomic mass is 16.5. The van der Waals surface area contributed by atoms with Crippen LogP contribution in [0.4, 0.5) is 0 Å². The van der Waals surface area contributed by atoms with Gasteiger partial charge < -0.3 is 9.72 Å². The van der Waals surface area contributed by atoms with Crippen molar-refractivity contribution in [2.45, 2.75) is 20.4 Å². The van der Waals surface area contributed by atoms with Crippen LogP contribution in [0.3, 0.4) is 0 Å². The molecule has 3 aromatic heterocycles. The maximum absolute atomic E-state index is 12.7. The van der Waals surface area contributed by atoms with Crippen LogP contribution in [0.1, 0.15) is 17.0 Å². The molecule has 3 heterocycles. The Morgan fingerprint density at radius 2 is 1.93 bits per heavy atom. The molecule has 5 rings (SSSR count). The first kappa shape index (κ1) is 18.2. The first-order valence-electron chi connectivity index (χ1n) is 9.72. The first-order chi connectivity index (χ1) is 14.6. The van der Waals surface area contributed by atoms with Crippen LogP contribution in [-0.4, -0.2) is 31.8 Å². The monoisotopic (exact) mass is 399 g/mol. The van der Waals surface area contributed by atoms with Crippen molar-refractivity contribution in [3.8, 4) is 16.9 Å². The third-order valence-electron chi connectivity index (χ3n) is 5.50. The molecule has 0 atom stereocenters.